The summed E-state index contributed by atoms with van der Waals surface area (Å²) < 4.78 is 6.72. The maximum Gasteiger partial charge on any atom is 0.247 e. The number of hydrogen-bond donors (Lipinski definition) is 0. The molecule has 5 heteroatoms. The van der Waals surface area contributed by atoms with E-state index in [4.69, 9.17) is 16.0 Å². The number of carbonyl (C=O) groups is 1. The van der Waals surface area contributed by atoms with Crippen molar-refractivity contribution in [3.8, 4) is 0 Å². The van der Waals surface area contributed by atoms with Gasteiger partial charge in [0, 0.05) is 6.54 Å². The molecule has 0 amide bonds. The lowest BCUT2D eigenvalue weighted by atomic mass is 10.1. The molecule has 0 aliphatic heterocycles. The van der Waals surface area contributed by atoms with Crippen molar-refractivity contribution in [2.45, 2.75) is 20.4 Å². The van der Waals surface area contributed by atoms with E-state index in [1.807, 2.05) is 13.8 Å². The van der Waals surface area contributed by atoms with Crippen molar-refractivity contribution in [2.24, 2.45) is 0 Å². The predicted molar refractivity (Wildman–Crippen MR) is 59.8 cm³/mol. The first-order valence-electron chi connectivity index (χ1n) is 4.95. The lowest BCUT2D eigenvalue weighted by Crippen LogP contribution is -2.11. The zero-order valence-electron chi connectivity index (χ0n) is 9.03. The standard InChI is InChI=1S/C11H11ClN2O2/c1-3-14-9(8(12)6-13-14)10(15)11-7(2)4-5-16-11/h4-6H,3H2,1-2H3. The maximum absolute atomic E-state index is 12.2. The SMILES string of the molecule is CCn1ncc(Cl)c1C(=O)c1occc1C. The van der Waals surface area contributed by atoms with Gasteiger partial charge in [-0.1, -0.05) is 11.6 Å². The van der Waals surface area contributed by atoms with Gasteiger partial charge in [0.15, 0.2) is 5.76 Å². The van der Waals surface area contributed by atoms with Gasteiger partial charge in [0.05, 0.1) is 17.5 Å². The maximum atomic E-state index is 12.2. The molecule has 0 N–H and O–H groups in total. The highest BCUT2D eigenvalue weighted by Crippen LogP contribution is 2.21. The van der Waals surface area contributed by atoms with E-state index in [-0.39, 0.29) is 5.78 Å². The lowest BCUT2D eigenvalue weighted by molar-refractivity contribution is 0.0998. The number of nitrogens with zero attached hydrogens (tertiary/aromatic N) is 2. The number of rotatable bonds is 3. The summed E-state index contributed by atoms with van der Waals surface area (Å²) in [6.07, 6.45) is 2.96. The molecule has 0 atom stereocenters. The molecular formula is C11H11ClN2O2. The summed E-state index contributed by atoms with van der Waals surface area (Å²) in [4.78, 5) is 12.2. The molecule has 0 fully saturated rings. The molecule has 0 saturated heterocycles. The van der Waals surface area contributed by atoms with Crippen LogP contribution in [-0.4, -0.2) is 15.6 Å². The third-order valence-corrected chi connectivity index (χ3v) is 2.65. The number of furan rings is 1. The van der Waals surface area contributed by atoms with Gasteiger partial charge in [0.1, 0.15) is 5.69 Å². The summed E-state index contributed by atoms with van der Waals surface area (Å²) in [7, 11) is 0. The van der Waals surface area contributed by atoms with Crippen LogP contribution in [0.3, 0.4) is 0 Å². The van der Waals surface area contributed by atoms with Gasteiger partial charge in [-0.2, -0.15) is 5.10 Å². The molecule has 0 bridgehead atoms. The molecule has 0 aromatic carbocycles. The van der Waals surface area contributed by atoms with E-state index < -0.39 is 0 Å². The number of carbonyl (C=O) groups excluding carboxylic acids is 1. The minimum atomic E-state index is -0.230. The molecule has 2 heterocycles. The molecule has 0 saturated carbocycles. The number of hydrogen-bond acceptors (Lipinski definition) is 3. The lowest BCUT2D eigenvalue weighted by Gasteiger charge is -2.03. The third kappa shape index (κ3) is 1.65. The molecule has 2 rings (SSSR count). The molecule has 2 aromatic heterocycles. The van der Waals surface area contributed by atoms with Crippen molar-refractivity contribution < 1.29 is 9.21 Å². The fourth-order valence-corrected chi connectivity index (χ4v) is 1.77. The molecule has 0 aliphatic rings. The summed E-state index contributed by atoms with van der Waals surface area (Å²) in [5, 5.41) is 4.37. The molecular weight excluding hydrogens is 228 g/mol. The Morgan fingerprint density at radius 3 is 2.94 bits per heavy atom. The molecule has 4 nitrogen and oxygen atoms in total. The molecule has 0 aliphatic carbocycles. The van der Waals surface area contributed by atoms with Crippen molar-refractivity contribution in [1.29, 1.82) is 0 Å². The summed E-state index contributed by atoms with van der Waals surface area (Å²) in [6.45, 7) is 4.31. The summed E-state index contributed by atoms with van der Waals surface area (Å²) in [5.41, 5.74) is 1.17. The van der Waals surface area contributed by atoms with Crippen LogP contribution < -0.4 is 0 Å². The van der Waals surface area contributed by atoms with Crippen molar-refractivity contribution in [1.82, 2.24) is 9.78 Å². The first-order valence-corrected chi connectivity index (χ1v) is 5.33. The summed E-state index contributed by atoms with van der Waals surface area (Å²) >= 11 is 5.94. The van der Waals surface area contributed by atoms with Crippen molar-refractivity contribution in [3.05, 3.63) is 40.6 Å². The normalized spacial score (nSPS) is 10.7. The van der Waals surface area contributed by atoms with E-state index in [9.17, 15) is 4.79 Å². The average Bonchev–Trinajstić information content (AvgIpc) is 2.83. The van der Waals surface area contributed by atoms with Crippen LogP contribution in [0.1, 0.15) is 28.7 Å². The summed E-state index contributed by atoms with van der Waals surface area (Å²) in [6, 6.07) is 1.74. The Bertz CT molecular complexity index is 528. The fourth-order valence-electron chi connectivity index (χ4n) is 1.54. The highest BCUT2D eigenvalue weighted by atomic mass is 35.5. The van der Waals surface area contributed by atoms with Gasteiger partial charge >= 0.3 is 0 Å². The van der Waals surface area contributed by atoms with Crippen LogP contribution in [0.25, 0.3) is 0 Å². The van der Waals surface area contributed by atoms with Crippen LogP contribution in [0.15, 0.2) is 22.9 Å². The largest absolute Gasteiger partial charge is 0.461 e. The van der Waals surface area contributed by atoms with Gasteiger partial charge in [0.2, 0.25) is 5.78 Å². The number of aromatic nitrogens is 2. The van der Waals surface area contributed by atoms with Crippen LogP contribution in [0.2, 0.25) is 5.02 Å². The third-order valence-electron chi connectivity index (χ3n) is 2.38. The zero-order valence-corrected chi connectivity index (χ0v) is 9.78. The monoisotopic (exact) mass is 238 g/mol. The van der Waals surface area contributed by atoms with Crippen molar-refractivity contribution >= 4 is 17.4 Å². The minimum absolute atomic E-state index is 0.230. The van der Waals surface area contributed by atoms with Gasteiger partial charge in [-0.05, 0) is 25.5 Å². The van der Waals surface area contributed by atoms with Gasteiger partial charge in [-0.3, -0.25) is 9.48 Å². The van der Waals surface area contributed by atoms with Crippen LogP contribution >= 0.6 is 11.6 Å². The number of ketones is 1. The Hall–Kier alpha value is -1.55. The van der Waals surface area contributed by atoms with Crippen LogP contribution in [0.5, 0.6) is 0 Å². The van der Waals surface area contributed by atoms with Crippen LogP contribution in [0, 0.1) is 6.92 Å². The van der Waals surface area contributed by atoms with E-state index in [1.165, 1.54) is 12.5 Å². The van der Waals surface area contributed by atoms with E-state index >= 15 is 0 Å². The highest BCUT2D eigenvalue weighted by Gasteiger charge is 2.22. The first-order chi connectivity index (χ1) is 7.65. The van der Waals surface area contributed by atoms with Crippen LogP contribution in [0.4, 0.5) is 0 Å². The molecule has 0 spiro atoms. The Morgan fingerprint density at radius 1 is 1.62 bits per heavy atom. The highest BCUT2D eigenvalue weighted by molar-refractivity contribution is 6.34. The molecule has 0 radical (unpaired) electrons. The Morgan fingerprint density at radius 2 is 2.38 bits per heavy atom. The van der Waals surface area contributed by atoms with Gasteiger partial charge in [-0.25, -0.2) is 0 Å². The second kappa shape index (κ2) is 4.14. The van der Waals surface area contributed by atoms with E-state index in [1.54, 1.807) is 10.7 Å². The second-order valence-electron chi connectivity index (χ2n) is 3.42. The van der Waals surface area contributed by atoms with Gasteiger partial charge < -0.3 is 4.42 Å². The second-order valence-corrected chi connectivity index (χ2v) is 3.83. The Labute approximate surface area is 97.8 Å². The first kappa shape index (κ1) is 11.0. The fraction of sp³-hybridized carbons (Fsp3) is 0.273. The number of aryl methyl sites for hydroxylation is 2. The summed E-state index contributed by atoms with van der Waals surface area (Å²) in [5.74, 6) is 0.0870. The Balaban J connectivity index is 2.49. The van der Waals surface area contributed by atoms with E-state index in [0.717, 1.165) is 5.56 Å². The number of halogens is 1. The smallest absolute Gasteiger partial charge is 0.247 e. The molecule has 84 valence electrons. The van der Waals surface area contributed by atoms with Gasteiger partial charge in [0.25, 0.3) is 0 Å². The molecule has 2 aromatic rings. The minimum Gasteiger partial charge on any atom is -0.461 e. The Kier molecular flexibility index (Phi) is 2.83. The topological polar surface area (TPSA) is 48.0 Å². The molecule has 0 unspecified atom stereocenters. The quantitative estimate of drug-likeness (QED) is 0.773. The average molecular weight is 239 g/mol. The van der Waals surface area contributed by atoms with E-state index in [0.29, 0.717) is 23.0 Å². The molecule has 16 heavy (non-hydrogen) atoms. The van der Waals surface area contributed by atoms with Gasteiger partial charge in [-0.15, -0.1) is 0 Å². The van der Waals surface area contributed by atoms with Crippen molar-refractivity contribution in [2.75, 3.05) is 0 Å². The van der Waals surface area contributed by atoms with Crippen molar-refractivity contribution in [3.63, 3.8) is 0 Å². The zero-order chi connectivity index (χ0) is 11.7. The predicted octanol–water partition coefficient (Wildman–Crippen LogP) is 2.69. The van der Waals surface area contributed by atoms with E-state index in [2.05, 4.69) is 5.10 Å². The van der Waals surface area contributed by atoms with Crippen LogP contribution in [-0.2, 0) is 6.54 Å².